The standard InChI is InChI=1S/C11H9ClN4O2/c12-8-2-1-7(13)5-10(8)15-9-3-4-14-6-11(9)16(17)18/h1-6H,13H2,(H,14,15). The Balaban J connectivity index is 2.40. The minimum atomic E-state index is -0.518. The summed E-state index contributed by atoms with van der Waals surface area (Å²) in [7, 11) is 0. The number of anilines is 3. The predicted molar refractivity (Wildman–Crippen MR) is 70.0 cm³/mol. The number of hydrogen-bond acceptors (Lipinski definition) is 5. The van der Waals surface area contributed by atoms with Crippen LogP contribution >= 0.6 is 11.6 Å². The molecular weight excluding hydrogens is 256 g/mol. The molecule has 0 aliphatic carbocycles. The monoisotopic (exact) mass is 264 g/mol. The van der Waals surface area contributed by atoms with Crippen molar-refractivity contribution in [2.75, 3.05) is 11.1 Å². The van der Waals surface area contributed by atoms with E-state index in [9.17, 15) is 10.1 Å². The van der Waals surface area contributed by atoms with Crippen molar-refractivity contribution in [3.8, 4) is 0 Å². The normalized spacial score (nSPS) is 10.1. The largest absolute Gasteiger partial charge is 0.399 e. The Morgan fingerprint density at radius 1 is 1.33 bits per heavy atom. The SMILES string of the molecule is Nc1ccc(Cl)c(Nc2ccncc2[N+](=O)[O-])c1. The van der Waals surface area contributed by atoms with E-state index in [0.717, 1.165) is 0 Å². The number of nitrogens with two attached hydrogens (primary N) is 1. The molecule has 2 aromatic rings. The second kappa shape index (κ2) is 4.89. The topological polar surface area (TPSA) is 94.1 Å². The fraction of sp³-hybridized carbons (Fsp3) is 0. The molecule has 1 aromatic carbocycles. The zero-order chi connectivity index (χ0) is 13.1. The van der Waals surface area contributed by atoms with Crippen molar-refractivity contribution >= 4 is 34.4 Å². The number of hydrogen-bond donors (Lipinski definition) is 2. The van der Waals surface area contributed by atoms with Crippen LogP contribution in [0.15, 0.2) is 36.7 Å². The Labute approximate surface area is 108 Å². The van der Waals surface area contributed by atoms with Crippen molar-refractivity contribution in [3.05, 3.63) is 51.8 Å². The third kappa shape index (κ3) is 2.49. The van der Waals surface area contributed by atoms with Gasteiger partial charge in [0.25, 0.3) is 0 Å². The molecule has 2 rings (SSSR count). The van der Waals surface area contributed by atoms with Gasteiger partial charge < -0.3 is 11.1 Å². The van der Waals surface area contributed by atoms with E-state index in [4.69, 9.17) is 17.3 Å². The highest BCUT2D eigenvalue weighted by Crippen LogP contribution is 2.31. The van der Waals surface area contributed by atoms with Crippen LogP contribution in [0.25, 0.3) is 0 Å². The first-order valence-electron chi connectivity index (χ1n) is 4.98. The van der Waals surface area contributed by atoms with E-state index < -0.39 is 4.92 Å². The average molecular weight is 265 g/mol. The minimum Gasteiger partial charge on any atom is -0.399 e. The summed E-state index contributed by atoms with van der Waals surface area (Å²) >= 11 is 5.97. The van der Waals surface area contributed by atoms with Crippen molar-refractivity contribution in [1.82, 2.24) is 4.98 Å². The lowest BCUT2D eigenvalue weighted by molar-refractivity contribution is -0.384. The molecule has 0 bridgehead atoms. The van der Waals surface area contributed by atoms with Crippen molar-refractivity contribution in [1.29, 1.82) is 0 Å². The summed E-state index contributed by atoms with van der Waals surface area (Å²) in [4.78, 5) is 14.0. The minimum absolute atomic E-state index is 0.129. The van der Waals surface area contributed by atoms with E-state index in [0.29, 0.717) is 22.1 Å². The molecule has 0 aliphatic rings. The van der Waals surface area contributed by atoms with Gasteiger partial charge in [-0.2, -0.15) is 0 Å². The smallest absolute Gasteiger partial charge is 0.310 e. The lowest BCUT2D eigenvalue weighted by Gasteiger charge is -2.09. The van der Waals surface area contributed by atoms with Crippen LogP contribution in [0.2, 0.25) is 5.02 Å². The van der Waals surface area contributed by atoms with E-state index >= 15 is 0 Å². The van der Waals surface area contributed by atoms with Crippen LogP contribution in [-0.4, -0.2) is 9.91 Å². The van der Waals surface area contributed by atoms with Gasteiger partial charge in [0.1, 0.15) is 11.9 Å². The second-order valence-electron chi connectivity index (χ2n) is 3.51. The highest BCUT2D eigenvalue weighted by molar-refractivity contribution is 6.33. The highest BCUT2D eigenvalue weighted by Gasteiger charge is 2.14. The Kier molecular flexibility index (Phi) is 3.29. The van der Waals surface area contributed by atoms with Crippen LogP contribution in [0.5, 0.6) is 0 Å². The number of aromatic nitrogens is 1. The fourth-order valence-corrected chi connectivity index (χ4v) is 1.59. The molecule has 1 aromatic heterocycles. The maximum atomic E-state index is 10.8. The number of halogens is 1. The van der Waals surface area contributed by atoms with E-state index in [-0.39, 0.29) is 5.69 Å². The van der Waals surface area contributed by atoms with Gasteiger partial charge in [0.15, 0.2) is 0 Å². The lowest BCUT2D eigenvalue weighted by Crippen LogP contribution is -1.98. The highest BCUT2D eigenvalue weighted by atomic mass is 35.5. The molecule has 0 saturated heterocycles. The number of pyridine rings is 1. The fourth-order valence-electron chi connectivity index (χ4n) is 1.42. The summed E-state index contributed by atoms with van der Waals surface area (Å²) in [6, 6.07) is 6.37. The van der Waals surface area contributed by atoms with Crippen molar-refractivity contribution in [2.24, 2.45) is 0 Å². The number of nitro groups is 1. The van der Waals surface area contributed by atoms with Crippen molar-refractivity contribution in [3.63, 3.8) is 0 Å². The molecule has 1 heterocycles. The molecule has 0 fully saturated rings. The zero-order valence-corrected chi connectivity index (χ0v) is 9.89. The van der Waals surface area contributed by atoms with Crippen LogP contribution in [-0.2, 0) is 0 Å². The summed E-state index contributed by atoms with van der Waals surface area (Å²) in [5.41, 5.74) is 6.83. The summed E-state index contributed by atoms with van der Waals surface area (Å²) in [6.45, 7) is 0. The van der Waals surface area contributed by atoms with E-state index in [2.05, 4.69) is 10.3 Å². The van der Waals surface area contributed by atoms with Gasteiger partial charge in [-0.15, -0.1) is 0 Å². The molecule has 0 aliphatic heterocycles. The van der Waals surface area contributed by atoms with Gasteiger partial charge in [0, 0.05) is 11.9 Å². The molecular formula is C11H9ClN4O2. The summed E-state index contributed by atoms with van der Waals surface area (Å²) in [6.07, 6.45) is 2.62. The maximum absolute atomic E-state index is 10.8. The van der Waals surface area contributed by atoms with Gasteiger partial charge >= 0.3 is 5.69 Å². The lowest BCUT2D eigenvalue weighted by atomic mass is 10.2. The number of rotatable bonds is 3. The van der Waals surface area contributed by atoms with Crippen molar-refractivity contribution < 1.29 is 4.92 Å². The van der Waals surface area contributed by atoms with E-state index in [1.54, 1.807) is 18.2 Å². The molecule has 0 radical (unpaired) electrons. The van der Waals surface area contributed by atoms with Crippen LogP contribution < -0.4 is 11.1 Å². The first-order valence-corrected chi connectivity index (χ1v) is 5.36. The molecule has 92 valence electrons. The van der Waals surface area contributed by atoms with Gasteiger partial charge in [-0.05, 0) is 24.3 Å². The zero-order valence-electron chi connectivity index (χ0n) is 9.13. The Bertz CT molecular complexity index is 603. The first-order chi connectivity index (χ1) is 8.58. The van der Waals surface area contributed by atoms with Gasteiger partial charge in [-0.25, -0.2) is 0 Å². The van der Waals surface area contributed by atoms with Crippen LogP contribution in [0.3, 0.4) is 0 Å². The van der Waals surface area contributed by atoms with Gasteiger partial charge in [0.2, 0.25) is 0 Å². The molecule has 0 spiro atoms. The molecule has 6 nitrogen and oxygen atoms in total. The molecule has 18 heavy (non-hydrogen) atoms. The molecule has 3 N–H and O–H groups in total. The number of nitrogens with zero attached hydrogens (tertiary/aromatic N) is 2. The van der Waals surface area contributed by atoms with Gasteiger partial charge in [-0.1, -0.05) is 11.6 Å². The summed E-state index contributed by atoms with van der Waals surface area (Å²) in [5.74, 6) is 0. The maximum Gasteiger partial charge on any atom is 0.310 e. The average Bonchev–Trinajstić information content (AvgIpc) is 2.34. The Morgan fingerprint density at radius 2 is 2.11 bits per heavy atom. The summed E-state index contributed by atoms with van der Waals surface area (Å²) < 4.78 is 0. The van der Waals surface area contributed by atoms with Crippen LogP contribution in [0.1, 0.15) is 0 Å². The first kappa shape index (κ1) is 12.1. The molecule has 0 unspecified atom stereocenters. The quantitative estimate of drug-likeness (QED) is 0.505. The van der Waals surface area contributed by atoms with Crippen LogP contribution in [0, 0.1) is 10.1 Å². The third-order valence-electron chi connectivity index (χ3n) is 2.26. The second-order valence-corrected chi connectivity index (χ2v) is 3.92. The Hall–Kier alpha value is -2.34. The van der Waals surface area contributed by atoms with E-state index in [1.807, 2.05) is 0 Å². The van der Waals surface area contributed by atoms with Crippen LogP contribution in [0.4, 0.5) is 22.7 Å². The number of nitrogens with one attached hydrogen (secondary N) is 1. The molecule has 0 amide bonds. The van der Waals surface area contributed by atoms with Gasteiger partial charge in [0.05, 0.1) is 15.6 Å². The third-order valence-corrected chi connectivity index (χ3v) is 2.59. The van der Waals surface area contributed by atoms with E-state index in [1.165, 1.54) is 18.5 Å². The Morgan fingerprint density at radius 3 is 2.83 bits per heavy atom. The molecule has 0 atom stereocenters. The number of nitrogen functional groups attached to an aromatic ring is 1. The predicted octanol–water partition coefficient (Wildman–Crippen LogP) is 2.97. The summed E-state index contributed by atoms with van der Waals surface area (Å²) in [5, 5.41) is 14.1. The van der Waals surface area contributed by atoms with Gasteiger partial charge in [-0.3, -0.25) is 15.1 Å². The number of benzene rings is 1. The molecule has 7 heteroatoms. The molecule has 0 saturated carbocycles. The van der Waals surface area contributed by atoms with Crippen molar-refractivity contribution in [2.45, 2.75) is 0 Å².